The number of halogens is 3. The number of ether oxygens (including phenoxy) is 2. The minimum atomic E-state index is -4.43. The highest BCUT2D eigenvalue weighted by molar-refractivity contribution is 5.72. The molecule has 2 aromatic rings. The molecule has 2 bridgehead atoms. The van der Waals surface area contributed by atoms with Gasteiger partial charge in [0.05, 0.1) is 29.9 Å². The van der Waals surface area contributed by atoms with E-state index in [0.29, 0.717) is 42.6 Å². The zero-order valence-corrected chi connectivity index (χ0v) is 20.0. The molecule has 5 nitrogen and oxygen atoms in total. The number of hydrogen-bond acceptors (Lipinski definition) is 5. The van der Waals surface area contributed by atoms with Gasteiger partial charge < -0.3 is 9.47 Å². The second kappa shape index (κ2) is 9.87. The molecular weight excluding hydrogens is 469 g/mol. The molecule has 3 unspecified atom stereocenters. The SMILES string of the molecule is N#Cc1cccc(COC(CCN2C3CCC2CC2(CCC(=O)O2)C3)c2cccc(C(F)(F)F)c2)c1. The van der Waals surface area contributed by atoms with E-state index in [1.165, 1.54) is 12.1 Å². The molecule has 0 aliphatic carbocycles. The van der Waals surface area contributed by atoms with Crippen molar-refractivity contribution < 1.29 is 27.4 Å². The monoisotopic (exact) mass is 498 g/mol. The number of carbonyl (C=O) groups is 1. The lowest BCUT2D eigenvalue weighted by atomic mass is 9.83. The number of fused-ring (bicyclic) bond motifs is 2. The van der Waals surface area contributed by atoms with Crippen molar-refractivity contribution in [3.05, 3.63) is 70.8 Å². The first-order valence-corrected chi connectivity index (χ1v) is 12.5. The molecule has 36 heavy (non-hydrogen) atoms. The Bertz CT molecular complexity index is 1150. The summed E-state index contributed by atoms with van der Waals surface area (Å²) < 4.78 is 52.2. The van der Waals surface area contributed by atoms with Gasteiger partial charge in [0, 0.05) is 37.9 Å². The second-order valence-electron chi connectivity index (χ2n) is 10.2. The Morgan fingerprint density at radius 1 is 1.14 bits per heavy atom. The summed E-state index contributed by atoms with van der Waals surface area (Å²) in [5.74, 6) is -0.110. The molecule has 0 radical (unpaired) electrons. The molecule has 2 aromatic carbocycles. The van der Waals surface area contributed by atoms with Crippen LogP contribution in [0.4, 0.5) is 13.2 Å². The number of esters is 1. The van der Waals surface area contributed by atoms with E-state index in [9.17, 15) is 18.0 Å². The Kier molecular flexibility index (Phi) is 6.80. The highest BCUT2D eigenvalue weighted by Crippen LogP contribution is 2.47. The van der Waals surface area contributed by atoms with Crippen molar-refractivity contribution in [1.82, 2.24) is 4.90 Å². The third-order valence-electron chi connectivity index (χ3n) is 7.84. The molecule has 1 spiro atoms. The zero-order valence-electron chi connectivity index (χ0n) is 20.0. The average Bonchev–Trinajstić information content (AvgIpc) is 3.34. The number of benzene rings is 2. The van der Waals surface area contributed by atoms with E-state index < -0.39 is 17.8 Å². The largest absolute Gasteiger partial charge is 0.459 e. The molecule has 5 rings (SSSR count). The Hall–Kier alpha value is -2.89. The summed E-state index contributed by atoms with van der Waals surface area (Å²) in [4.78, 5) is 14.2. The molecule has 0 saturated carbocycles. The van der Waals surface area contributed by atoms with Gasteiger partial charge in [0.15, 0.2) is 0 Å². The lowest BCUT2D eigenvalue weighted by molar-refractivity contribution is -0.154. The number of nitrogens with zero attached hydrogens (tertiary/aromatic N) is 2. The molecule has 3 atom stereocenters. The molecule has 3 aliphatic heterocycles. The van der Waals surface area contributed by atoms with Crippen LogP contribution in [0.5, 0.6) is 0 Å². The molecule has 3 aliphatic rings. The van der Waals surface area contributed by atoms with Gasteiger partial charge in [-0.3, -0.25) is 9.69 Å². The smallest absolute Gasteiger partial charge is 0.416 e. The van der Waals surface area contributed by atoms with E-state index in [-0.39, 0.29) is 18.2 Å². The Balaban J connectivity index is 1.31. The van der Waals surface area contributed by atoms with Crippen molar-refractivity contribution in [2.75, 3.05) is 6.54 Å². The Labute approximate surface area is 208 Å². The van der Waals surface area contributed by atoms with Gasteiger partial charge in [-0.25, -0.2) is 0 Å². The highest BCUT2D eigenvalue weighted by atomic mass is 19.4. The Morgan fingerprint density at radius 2 is 1.89 bits per heavy atom. The van der Waals surface area contributed by atoms with Crippen LogP contribution in [0.3, 0.4) is 0 Å². The summed E-state index contributed by atoms with van der Waals surface area (Å²) >= 11 is 0. The standard InChI is InChI=1S/C28H29F3N2O3/c29-28(30,31)22-6-2-5-21(14-22)25(35-18-20-4-1-3-19(13-20)17-32)10-12-33-23-7-8-24(33)16-27(15-23)11-9-26(34)36-27/h1-6,13-14,23-25H,7-12,15-16,18H2. The predicted octanol–water partition coefficient (Wildman–Crippen LogP) is 5.93. The molecule has 3 fully saturated rings. The van der Waals surface area contributed by atoms with Gasteiger partial charge in [0.25, 0.3) is 0 Å². The maximum Gasteiger partial charge on any atom is 0.416 e. The normalized spacial score (nSPS) is 26.7. The van der Waals surface area contributed by atoms with Crippen LogP contribution in [0.25, 0.3) is 0 Å². The van der Waals surface area contributed by atoms with Gasteiger partial charge in [0.2, 0.25) is 0 Å². The van der Waals surface area contributed by atoms with Crippen molar-refractivity contribution in [1.29, 1.82) is 5.26 Å². The molecule has 3 saturated heterocycles. The fourth-order valence-corrected chi connectivity index (χ4v) is 6.18. The van der Waals surface area contributed by atoms with E-state index in [2.05, 4.69) is 11.0 Å². The van der Waals surface area contributed by atoms with Crippen molar-refractivity contribution in [3.63, 3.8) is 0 Å². The molecule has 0 amide bonds. The molecule has 8 heteroatoms. The maximum absolute atomic E-state index is 13.4. The van der Waals surface area contributed by atoms with Gasteiger partial charge in [-0.2, -0.15) is 18.4 Å². The van der Waals surface area contributed by atoms with Gasteiger partial charge >= 0.3 is 12.1 Å². The minimum Gasteiger partial charge on any atom is -0.459 e. The minimum absolute atomic E-state index is 0.110. The van der Waals surface area contributed by atoms with Gasteiger partial charge in [-0.15, -0.1) is 0 Å². The fraction of sp³-hybridized carbons (Fsp3) is 0.500. The quantitative estimate of drug-likeness (QED) is 0.443. The topological polar surface area (TPSA) is 62.6 Å². The summed E-state index contributed by atoms with van der Waals surface area (Å²) in [5, 5.41) is 9.17. The molecule has 190 valence electrons. The van der Waals surface area contributed by atoms with Crippen LogP contribution in [0.2, 0.25) is 0 Å². The summed E-state index contributed by atoms with van der Waals surface area (Å²) in [6.07, 6.45) is 0.580. The van der Waals surface area contributed by atoms with E-state index in [4.69, 9.17) is 14.7 Å². The Morgan fingerprint density at radius 3 is 2.56 bits per heavy atom. The molecule has 0 aromatic heterocycles. The van der Waals surface area contributed by atoms with Crippen LogP contribution >= 0.6 is 0 Å². The first-order chi connectivity index (χ1) is 17.2. The third-order valence-corrected chi connectivity index (χ3v) is 7.84. The van der Waals surface area contributed by atoms with Crippen LogP contribution in [0, 0.1) is 11.3 Å². The first-order valence-electron chi connectivity index (χ1n) is 12.5. The van der Waals surface area contributed by atoms with E-state index >= 15 is 0 Å². The predicted molar refractivity (Wildman–Crippen MR) is 126 cm³/mol. The van der Waals surface area contributed by atoms with Crippen LogP contribution < -0.4 is 0 Å². The lowest BCUT2D eigenvalue weighted by Gasteiger charge is -2.44. The van der Waals surface area contributed by atoms with E-state index in [1.54, 1.807) is 24.3 Å². The van der Waals surface area contributed by atoms with Crippen LogP contribution in [-0.4, -0.2) is 35.1 Å². The highest BCUT2D eigenvalue weighted by Gasteiger charge is 2.52. The van der Waals surface area contributed by atoms with Gasteiger partial charge in [-0.05, 0) is 61.1 Å². The first kappa shape index (κ1) is 24.8. The fourth-order valence-electron chi connectivity index (χ4n) is 6.18. The molecule has 0 N–H and O–H groups in total. The summed E-state index contributed by atoms with van der Waals surface area (Å²) in [6.45, 7) is 0.890. The zero-order chi connectivity index (χ0) is 25.3. The third kappa shape index (κ3) is 5.28. The lowest BCUT2D eigenvalue weighted by Crippen LogP contribution is -2.51. The van der Waals surface area contributed by atoms with Crippen molar-refractivity contribution in [2.24, 2.45) is 0 Å². The summed E-state index contributed by atoms with van der Waals surface area (Å²) in [5.41, 5.74) is 0.782. The number of hydrogen-bond donors (Lipinski definition) is 0. The van der Waals surface area contributed by atoms with E-state index in [0.717, 1.165) is 43.7 Å². The summed E-state index contributed by atoms with van der Waals surface area (Å²) in [6, 6.07) is 15.1. The van der Waals surface area contributed by atoms with E-state index in [1.807, 2.05) is 6.07 Å². The maximum atomic E-state index is 13.4. The van der Waals surface area contributed by atoms with Gasteiger partial charge in [0.1, 0.15) is 5.60 Å². The molecule has 3 heterocycles. The van der Waals surface area contributed by atoms with Crippen LogP contribution in [-0.2, 0) is 27.1 Å². The average molecular weight is 499 g/mol. The summed E-state index contributed by atoms with van der Waals surface area (Å²) in [7, 11) is 0. The number of carbonyl (C=O) groups excluding carboxylic acids is 1. The molecular formula is C28H29F3N2O3. The number of rotatable bonds is 7. The number of alkyl halides is 3. The van der Waals surface area contributed by atoms with Gasteiger partial charge in [-0.1, -0.05) is 24.3 Å². The van der Waals surface area contributed by atoms with Crippen molar-refractivity contribution >= 4 is 5.97 Å². The van der Waals surface area contributed by atoms with Crippen molar-refractivity contribution in [3.8, 4) is 6.07 Å². The van der Waals surface area contributed by atoms with Crippen LogP contribution in [0.1, 0.15) is 73.3 Å². The van der Waals surface area contributed by atoms with Crippen molar-refractivity contribution in [2.45, 2.75) is 81.5 Å². The number of nitriles is 1. The van der Waals surface area contributed by atoms with Crippen LogP contribution in [0.15, 0.2) is 48.5 Å². The number of piperidine rings is 1. The second-order valence-corrected chi connectivity index (χ2v) is 10.2.